The first-order valence-corrected chi connectivity index (χ1v) is 11.7. The fraction of sp³-hybridized carbons (Fsp3) is 1.00. The van der Waals surface area contributed by atoms with Gasteiger partial charge in [0, 0.05) is 0 Å². The van der Waals surface area contributed by atoms with Gasteiger partial charge in [-0.1, -0.05) is 84.0 Å². The summed E-state index contributed by atoms with van der Waals surface area (Å²) in [6.07, 6.45) is 19.1. The zero-order chi connectivity index (χ0) is 19.5. The summed E-state index contributed by atoms with van der Waals surface area (Å²) in [5.74, 6) is 0. The van der Waals surface area contributed by atoms with Crippen molar-refractivity contribution in [1.82, 2.24) is 0 Å². The van der Waals surface area contributed by atoms with Gasteiger partial charge in [-0.2, -0.15) is 8.86 Å². The molecule has 0 aromatic rings. The van der Waals surface area contributed by atoms with Gasteiger partial charge < -0.3 is 0 Å². The first-order valence-electron chi connectivity index (χ1n) is 10.7. The average molecular weight is 395 g/mol. The van der Waals surface area contributed by atoms with Crippen LogP contribution in [0.15, 0.2) is 0 Å². The summed E-state index contributed by atoms with van der Waals surface area (Å²) >= 11 is -2.20. The van der Waals surface area contributed by atoms with Crippen LogP contribution in [0.5, 0.6) is 0 Å². The Bertz CT molecular complexity index is 327. The smallest absolute Gasteiger partial charge is 0.284 e. The van der Waals surface area contributed by atoms with Crippen molar-refractivity contribution in [3.8, 4) is 0 Å². The van der Waals surface area contributed by atoms with Crippen LogP contribution in [0.1, 0.15) is 96.8 Å². The summed E-state index contributed by atoms with van der Waals surface area (Å²) in [6.45, 7) is 3.71. The topological polar surface area (TPSA) is 55.8 Å². The monoisotopic (exact) mass is 394 g/mol. The highest BCUT2D eigenvalue weighted by atomic mass is 32.2. The van der Waals surface area contributed by atoms with Crippen LogP contribution in [0.25, 0.3) is 0 Å². The van der Waals surface area contributed by atoms with Gasteiger partial charge in [0.1, 0.15) is 13.2 Å². The zero-order valence-electron chi connectivity index (χ0n) is 17.5. The molecule has 0 saturated carbocycles. The first kappa shape index (κ1) is 26.0. The van der Waals surface area contributed by atoms with Gasteiger partial charge in [-0.05, 0) is 12.8 Å². The molecule has 1 N–H and O–H groups in total. The molecular weight excluding hydrogens is 350 g/mol. The maximum Gasteiger partial charge on any atom is 0.301 e. The van der Waals surface area contributed by atoms with Crippen molar-refractivity contribution in [2.45, 2.75) is 96.8 Å². The van der Waals surface area contributed by atoms with Gasteiger partial charge in [0.05, 0.1) is 20.7 Å². The molecule has 0 amide bonds. The molecule has 0 saturated heterocycles. The van der Waals surface area contributed by atoms with E-state index in [1.54, 1.807) is 0 Å². The first-order chi connectivity index (χ1) is 12.5. The Balaban J connectivity index is 3.28. The Labute approximate surface area is 164 Å². The second-order valence-electron chi connectivity index (χ2n) is 7.77. The average Bonchev–Trinajstić information content (AvgIpc) is 2.59. The maximum absolute atomic E-state index is 10.4. The van der Waals surface area contributed by atoms with Crippen LogP contribution >= 0.6 is 0 Å². The van der Waals surface area contributed by atoms with Crippen molar-refractivity contribution < 1.29 is 22.4 Å². The molecule has 0 fully saturated rings. The van der Waals surface area contributed by atoms with Crippen LogP contribution in [0.4, 0.5) is 0 Å². The van der Waals surface area contributed by atoms with Crippen LogP contribution in [-0.2, 0) is 20.4 Å². The van der Waals surface area contributed by atoms with Crippen LogP contribution in [0, 0.1) is 0 Å². The fourth-order valence-electron chi connectivity index (χ4n) is 3.14. The van der Waals surface area contributed by atoms with Crippen molar-refractivity contribution >= 4 is 11.4 Å². The molecule has 0 spiro atoms. The molecule has 6 heteroatoms. The van der Waals surface area contributed by atoms with E-state index >= 15 is 0 Å². The molecule has 0 aromatic heterocycles. The third-order valence-electron chi connectivity index (χ3n) is 4.76. The van der Waals surface area contributed by atoms with Gasteiger partial charge in [-0.25, -0.2) is 4.84 Å². The number of rotatable bonds is 20. The Morgan fingerprint density at radius 3 is 1.58 bits per heavy atom. The van der Waals surface area contributed by atoms with E-state index in [0.29, 0.717) is 11.3 Å². The molecule has 0 aromatic carbocycles. The van der Waals surface area contributed by atoms with E-state index in [1.807, 2.05) is 14.1 Å². The van der Waals surface area contributed by atoms with E-state index in [4.69, 9.17) is 9.39 Å². The SMILES string of the molecule is CCCCCCCCCCCCCCCC[N+](C)(C)OCCOS(=O)O. The van der Waals surface area contributed by atoms with Crippen molar-refractivity contribution in [3.63, 3.8) is 0 Å². The molecule has 0 heterocycles. The predicted molar refractivity (Wildman–Crippen MR) is 110 cm³/mol. The van der Waals surface area contributed by atoms with Gasteiger partial charge in [0.25, 0.3) is 0 Å². The van der Waals surface area contributed by atoms with E-state index < -0.39 is 11.4 Å². The fourth-order valence-corrected chi connectivity index (χ4v) is 3.35. The third kappa shape index (κ3) is 20.3. The highest BCUT2D eigenvalue weighted by Gasteiger charge is 2.16. The summed E-state index contributed by atoms with van der Waals surface area (Å²) in [5, 5.41) is 0. The zero-order valence-corrected chi connectivity index (χ0v) is 18.4. The van der Waals surface area contributed by atoms with Crippen molar-refractivity contribution in [1.29, 1.82) is 0 Å². The summed E-state index contributed by atoms with van der Waals surface area (Å²) in [5.41, 5.74) is 0. The summed E-state index contributed by atoms with van der Waals surface area (Å²) in [6, 6.07) is 0. The number of unbranched alkanes of at least 4 members (excludes halogenated alkanes) is 13. The van der Waals surface area contributed by atoms with E-state index in [-0.39, 0.29) is 6.61 Å². The van der Waals surface area contributed by atoms with Crippen LogP contribution < -0.4 is 0 Å². The molecule has 0 bridgehead atoms. The number of quaternary nitrogens is 1. The lowest BCUT2D eigenvalue weighted by Crippen LogP contribution is -2.41. The van der Waals surface area contributed by atoms with E-state index in [9.17, 15) is 4.21 Å². The molecule has 158 valence electrons. The highest BCUT2D eigenvalue weighted by Crippen LogP contribution is 2.13. The number of hydrogen-bond donors (Lipinski definition) is 1. The normalized spacial score (nSPS) is 13.2. The molecule has 0 aliphatic carbocycles. The molecular formula is C20H44NO4S+. The number of nitrogens with zero attached hydrogens (tertiary/aromatic N) is 1. The summed E-state index contributed by atoms with van der Waals surface area (Å²) in [4.78, 5) is 5.66. The van der Waals surface area contributed by atoms with Crippen molar-refractivity contribution in [2.75, 3.05) is 33.9 Å². The highest BCUT2D eigenvalue weighted by molar-refractivity contribution is 7.74. The molecule has 0 aliphatic rings. The molecule has 0 aliphatic heterocycles. The van der Waals surface area contributed by atoms with Gasteiger partial charge in [0.15, 0.2) is 0 Å². The Morgan fingerprint density at radius 2 is 1.15 bits per heavy atom. The van der Waals surface area contributed by atoms with Crippen molar-refractivity contribution in [2.24, 2.45) is 0 Å². The Morgan fingerprint density at radius 1 is 0.731 bits per heavy atom. The lowest BCUT2D eigenvalue weighted by atomic mass is 10.0. The van der Waals surface area contributed by atoms with Crippen LogP contribution in [0.2, 0.25) is 0 Å². The van der Waals surface area contributed by atoms with E-state index in [2.05, 4.69) is 11.1 Å². The van der Waals surface area contributed by atoms with Crippen molar-refractivity contribution in [3.05, 3.63) is 0 Å². The Kier molecular flexibility index (Phi) is 18.4. The standard InChI is InChI=1S/C20H43NO4S/c1-4-5-6-7-8-9-10-11-12-13-14-15-16-17-18-21(2,3)24-19-20-25-26(22)23/h4-20H2,1-3H3/p+1. The molecule has 0 radical (unpaired) electrons. The second kappa shape index (κ2) is 18.4. The van der Waals surface area contributed by atoms with E-state index in [0.717, 1.165) is 13.0 Å². The largest absolute Gasteiger partial charge is 0.301 e. The van der Waals surface area contributed by atoms with Crippen LogP contribution in [-0.4, -0.2) is 47.3 Å². The molecule has 1 atom stereocenters. The predicted octanol–water partition coefficient (Wildman–Crippen LogP) is 5.63. The molecule has 0 rings (SSSR count). The van der Waals surface area contributed by atoms with Crippen LogP contribution in [0.3, 0.4) is 0 Å². The van der Waals surface area contributed by atoms with Gasteiger partial charge in [-0.15, -0.1) is 0 Å². The molecule has 5 nitrogen and oxygen atoms in total. The number of hydroxylamine groups is 3. The van der Waals surface area contributed by atoms with Gasteiger partial charge in [0.2, 0.25) is 0 Å². The lowest BCUT2D eigenvalue weighted by molar-refractivity contribution is -1.08. The molecule has 26 heavy (non-hydrogen) atoms. The quantitative estimate of drug-likeness (QED) is 0.126. The maximum atomic E-state index is 10.4. The summed E-state index contributed by atoms with van der Waals surface area (Å²) < 4.78 is 23.9. The molecule has 1 unspecified atom stereocenters. The third-order valence-corrected chi connectivity index (χ3v) is 5.13. The van der Waals surface area contributed by atoms with E-state index in [1.165, 1.54) is 83.5 Å². The van der Waals surface area contributed by atoms with Gasteiger partial charge >= 0.3 is 11.4 Å². The lowest BCUT2D eigenvalue weighted by Gasteiger charge is -2.26. The Hall–Kier alpha value is -0.0100. The van der Waals surface area contributed by atoms with Gasteiger partial charge in [-0.3, -0.25) is 8.74 Å². The summed E-state index contributed by atoms with van der Waals surface area (Å²) in [7, 11) is 4.02. The second-order valence-corrected chi connectivity index (χ2v) is 8.44. The minimum atomic E-state index is -2.20. The number of hydrogen-bond acceptors (Lipinski definition) is 3. The minimum absolute atomic E-state index is 0.142. The minimum Gasteiger partial charge on any atom is -0.284 e.